The average molecular weight is 352 g/mol. The van der Waals surface area contributed by atoms with Gasteiger partial charge in [0.05, 0.1) is 16.6 Å². The van der Waals surface area contributed by atoms with Crippen LogP contribution in [0.3, 0.4) is 0 Å². The van der Waals surface area contributed by atoms with Crippen LogP contribution in [-0.2, 0) is 20.3 Å². The molecule has 0 bridgehead atoms. The van der Waals surface area contributed by atoms with Crippen molar-refractivity contribution < 1.29 is 13.2 Å². The Kier molecular flexibility index (Phi) is 2.84. The van der Waals surface area contributed by atoms with Crippen LogP contribution in [0.25, 0.3) is 43.6 Å². The molecule has 5 rings (SSSR count). The number of nitrogens with zero attached hydrogens (tertiary/aromatic N) is 2. The molecule has 0 fully saturated rings. The average Bonchev–Trinajstić information content (AvgIpc) is 3.07. The van der Waals surface area contributed by atoms with E-state index in [4.69, 9.17) is 0 Å². The Bertz CT molecular complexity index is 1330. The van der Waals surface area contributed by atoms with Crippen molar-refractivity contribution in [2.24, 2.45) is 14.1 Å². The third-order valence-corrected chi connectivity index (χ3v) is 5.35. The van der Waals surface area contributed by atoms with Crippen molar-refractivity contribution in [1.82, 2.24) is 9.13 Å². The quantitative estimate of drug-likeness (QED) is 0.324. The normalized spacial score (nSPS) is 12.8. The molecule has 2 aromatic heterocycles. The van der Waals surface area contributed by atoms with Crippen molar-refractivity contribution in [3.63, 3.8) is 0 Å². The smallest absolute Gasteiger partial charge is 0.344 e. The fraction of sp³-hybridized carbons (Fsp3) is 0.143. The molecular weight excluding hydrogens is 337 g/mol. The van der Waals surface area contributed by atoms with Crippen LogP contribution in [0.4, 0.5) is 13.2 Å². The number of rotatable bonds is 0. The zero-order valence-electron chi connectivity index (χ0n) is 14.2. The summed E-state index contributed by atoms with van der Waals surface area (Å²) in [5, 5.41) is 2.37. The zero-order chi connectivity index (χ0) is 18.2. The van der Waals surface area contributed by atoms with Crippen molar-refractivity contribution in [2.45, 2.75) is 6.18 Å². The summed E-state index contributed by atoms with van der Waals surface area (Å²) in [5.74, 6) is 0. The van der Waals surface area contributed by atoms with Gasteiger partial charge in [0.25, 0.3) is 0 Å². The second-order valence-electron chi connectivity index (χ2n) is 6.69. The molecule has 0 aliphatic carbocycles. The van der Waals surface area contributed by atoms with Gasteiger partial charge in [-0.2, -0.15) is 13.2 Å². The molecule has 0 N–H and O–H groups in total. The molecule has 26 heavy (non-hydrogen) atoms. The molecule has 0 amide bonds. The second-order valence-corrected chi connectivity index (χ2v) is 6.69. The lowest BCUT2D eigenvalue weighted by Crippen LogP contribution is -2.08. The van der Waals surface area contributed by atoms with E-state index in [0.29, 0.717) is 16.3 Å². The summed E-state index contributed by atoms with van der Waals surface area (Å²) in [6, 6.07) is 16.6. The Hall–Kier alpha value is -2.95. The van der Waals surface area contributed by atoms with Crippen molar-refractivity contribution in [2.75, 3.05) is 0 Å². The maximum absolute atomic E-state index is 14.3. The van der Waals surface area contributed by atoms with Gasteiger partial charge in [-0.3, -0.25) is 0 Å². The Morgan fingerprint density at radius 2 is 1.27 bits per heavy atom. The summed E-state index contributed by atoms with van der Waals surface area (Å²) in [4.78, 5) is 0. The molecule has 0 spiro atoms. The zero-order valence-corrected chi connectivity index (χ0v) is 14.2. The maximum Gasteiger partial charge on any atom is 0.419 e. The number of benzene rings is 3. The van der Waals surface area contributed by atoms with E-state index in [2.05, 4.69) is 0 Å². The fourth-order valence-electron chi connectivity index (χ4n) is 4.25. The summed E-state index contributed by atoms with van der Waals surface area (Å²) in [6.45, 7) is 0. The van der Waals surface area contributed by atoms with Crippen LogP contribution in [0.5, 0.6) is 0 Å². The molecule has 3 aromatic carbocycles. The molecule has 0 unspecified atom stereocenters. The lowest BCUT2D eigenvalue weighted by Gasteiger charge is -2.13. The first-order valence-corrected chi connectivity index (χ1v) is 8.34. The van der Waals surface area contributed by atoms with Gasteiger partial charge in [-0.25, -0.2) is 0 Å². The predicted molar refractivity (Wildman–Crippen MR) is 99.4 cm³/mol. The van der Waals surface area contributed by atoms with Crippen molar-refractivity contribution in [1.29, 1.82) is 0 Å². The van der Waals surface area contributed by atoms with E-state index in [-0.39, 0.29) is 10.9 Å². The first-order valence-electron chi connectivity index (χ1n) is 8.34. The van der Waals surface area contributed by atoms with E-state index in [0.717, 1.165) is 16.4 Å². The number of fused-ring (bicyclic) bond motifs is 6. The summed E-state index contributed by atoms with van der Waals surface area (Å²) in [7, 11) is 3.53. The van der Waals surface area contributed by atoms with Gasteiger partial charge in [-0.15, -0.1) is 0 Å². The number of halogens is 3. The third-order valence-electron chi connectivity index (χ3n) is 5.35. The molecule has 5 aromatic rings. The van der Waals surface area contributed by atoms with E-state index in [1.807, 2.05) is 54.1 Å². The van der Waals surface area contributed by atoms with Gasteiger partial charge in [-0.1, -0.05) is 36.4 Å². The molecule has 0 radical (unpaired) electrons. The number of hydrogen-bond donors (Lipinski definition) is 0. The number of aromatic nitrogens is 2. The molecule has 5 heteroatoms. The summed E-state index contributed by atoms with van der Waals surface area (Å²) in [5.41, 5.74) is 1.88. The van der Waals surface area contributed by atoms with Gasteiger partial charge in [0.2, 0.25) is 0 Å². The predicted octanol–water partition coefficient (Wildman–Crippen LogP) is 6.00. The van der Waals surface area contributed by atoms with Crippen LogP contribution in [0, 0.1) is 0 Å². The Morgan fingerprint density at radius 3 is 1.92 bits per heavy atom. The van der Waals surface area contributed by atoms with E-state index >= 15 is 0 Å². The number of para-hydroxylation sites is 2. The highest BCUT2D eigenvalue weighted by molar-refractivity contribution is 6.20. The van der Waals surface area contributed by atoms with Crippen LogP contribution < -0.4 is 0 Å². The first-order chi connectivity index (χ1) is 12.4. The minimum atomic E-state index is -4.45. The highest BCUT2D eigenvalue weighted by Crippen LogP contribution is 2.46. The largest absolute Gasteiger partial charge is 0.419 e. The monoisotopic (exact) mass is 352 g/mol. The van der Waals surface area contributed by atoms with Crippen LogP contribution in [0.1, 0.15) is 5.56 Å². The second kappa shape index (κ2) is 4.81. The molecule has 130 valence electrons. The highest BCUT2D eigenvalue weighted by Gasteiger charge is 2.38. The summed E-state index contributed by atoms with van der Waals surface area (Å²) < 4.78 is 46.3. The van der Waals surface area contributed by atoms with E-state index < -0.39 is 11.7 Å². The Morgan fingerprint density at radius 1 is 0.692 bits per heavy atom. The molecule has 0 saturated heterocycles. The van der Waals surface area contributed by atoms with Crippen LogP contribution in [0.15, 0.2) is 54.6 Å². The van der Waals surface area contributed by atoms with Gasteiger partial charge < -0.3 is 9.13 Å². The SMILES string of the molecule is Cn1c2ccccc2c2c(C(F)(F)F)c3c(cc21)c1ccccc1n3C. The molecule has 0 atom stereocenters. The van der Waals surface area contributed by atoms with Crippen LogP contribution in [0.2, 0.25) is 0 Å². The molecule has 2 heterocycles. The summed E-state index contributed by atoms with van der Waals surface area (Å²) in [6.07, 6.45) is -4.45. The summed E-state index contributed by atoms with van der Waals surface area (Å²) >= 11 is 0. The van der Waals surface area contributed by atoms with Gasteiger partial charge in [0, 0.05) is 46.7 Å². The van der Waals surface area contributed by atoms with Gasteiger partial charge >= 0.3 is 6.18 Å². The highest BCUT2D eigenvalue weighted by atomic mass is 19.4. The van der Waals surface area contributed by atoms with Crippen molar-refractivity contribution >= 4 is 43.6 Å². The topological polar surface area (TPSA) is 9.86 Å². The Balaban J connectivity index is 2.19. The minimum Gasteiger partial charge on any atom is -0.344 e. The fourth-order valence-corrected chi connectivity index (χ4v) is 4.25. The standard InChI is InChI=1S/C21H15F3N2/c1-25-16-10-6-4-8-13(16)18-17(25)11-14-12-7-3-5-9-15(12)26(2)20(14)19(18)21(22,23)24/h3-11H,1-2H3. The van der Waals surface area contributed by atoms with E-state index in [1.54, 1.807) is 23.7 Å². The number of alkyl halides is 3. The van der Waals surface area contributed by atoms with E-state index in [1.165, 1.54) is 0 Å². The lowest BCUT2D eigenvalue weighted by molar-refractivity contribution is -0.135. The van der Waals surface area contributed by atoms with Gasteiger partial charge in [-0.05, 0) is 18.2 Å². The molecule has 2 nitrogen and oxygen atoms in total. The number of hydrogen-bond acceptors (Lipinski definition) is 0. The molecule has 0 aliphatic rings. The van der Waals surface area contributed by atoms with Crippen molar-refractivity contribution in [3.05, 3.63) is 60.2 Å². The molecule has 0 aliphatic heterocycles. The molecule has 0 saturated carbocycles. The van der Waals surface area contributed by atoms with Gasteiger partial charge in [0.1, 0.15) is 0 Å². The van der Waals surface area contributed by atoms with Gasteiger partial charge in [0.15, 0.2) is 0 Å². The number of aryl methyl sites for hydroxylation is 2. The third kappa shape index (κ3) is 1.77. The van der Waals surface area contributed by atoms with Crippen LogP contribution >= 0.6 is 0 Å². The lowest BCUT2D eigenvalue weighted by atomic mass is 10.0. The first kappa shape index (κ1) is 15.3. The minimum absolute atomic E-state index is 0.238. The maximum atomic E-state index is 14.3. The van der Waals surface area contributed by atoms with Crippen LogP contribution in [-0.4, -0.2) is 9.13 Å². The molecular formula is C21H15F3N2. The Labute approximate surface area is 147 Å². The van der Waals surface area contributed by atoms with Crippen molar-refractivity contribution in [3.8, 4) is 0 Å². The van der Waals surface area contributed by atoms with E-state index in [9.17, 15) is 13.2 Å².